The highest BCUT2D eigenvalue weighted by molar-refractivity contribution is 6.34. The molecule has 0 bridgehead atoms. The van der Waals surface area contributed by atoms with E-state index in [-0.39, 0.29) is 37.3 Å². The number of aliphatic hydroxyl groups excluding tert-OH is 1. The Morgan fingerprint density at radius 3 is 2.46 bits per heavy atom. The van der Waals surface area contributed by atoms with Gasteiger partial charge in [-0.15, -0.1) is 24.8 Å². The molecule has 7 nitrogen and oxygen atoms in total. The van der Waals surface area contributed by atoms with Crippen molar-refractivity contribution in [3.8, 4) is 17.0 Å². The highest BCUT2D eigenvalue weighted by atomic mass is 35.5. The lowest BCUT2D eigenvalue weighted by molar-refractivity contribution is 0.0966. The summed E-state index contributed by atoms with van der Waals surface area (Å²) < 4.78 is 5.47. The van der Waals surface area contributed by atoms with Gasteiger partial charge in [0.05, 0.1) is 24.3 Å². The predicted octanol–water partition coefficient (Wildman–Crippen LogP) is 3.74. The fourth-order valence-electron chi connectivity index (χ4n) is 4.88. The van der Waals surface area contributed by atoms with Gasteiger partial charge in [0.25, 0.3) is 5.91 Å². The molecule has 2 aliphatic heterocycles. The second kappa shape index (κ2) is 11.8. The van der Waals surface area contributed by atoms with Crippen molar-refractivity contribution in [3.05, 3.63) is 52.0 Å². The van der Waals surface area contributed by atoms with Crippen LogP contribution in [0.4, 0.5) is 0 Å². The number of rotatable bonds is 7. The minimum absolute atomic E-state index is 0. The summed E-state index contributed by atoms with van der Waals surface area (Å²) in [5.41, 5.74) is 5.42. The number of nitrogens with one attached hydrogen (secondary N) is 2. The van der Waals surface area contributed by atoms with E-state index < -0.39 is 0 Å². The van der Waals surface area contributed by atoms with Crippen molar-refractivity contribution in [1.82, 2.24) is 20.1 Å². The Bertz CT molecular complexity index is 1190. The van der Waals surface area contributed by atoms with E-state index >= 15 is 0 Å². The first-order valence-electron chi connectivity index (χ1n) is 11.4. The van der Waals surface area contributed by atoms with Crippen LogP contribution in [0.25, 0.3) is 22.2 Å². The summed E-state index contributed by atoms with van der Waals surface area (Å²) in [6, 6.07) is 10.4. The third-order valence-electron chi connectivity index (χ3n) is 6.77. The van der Waals surface area contributed by atoms with Crippen LogP contribution in [-0.2, 0) is 13.0 Å². The first kappa shape index (κ1) is 27.6. The number of carbonyl (C=O) groups is 1. The second-order valence-electron chi connectivity index (χ2n) is 8.74. The number of nitrogens with zero attached hydrogens (tertiary/aromatic N) is 2. The molecule has 0 spiro atoms. The highest BCUT2D eigenvalue weighted by Crippen LogP contribution is 2.40. The lowest BCUT2D eigenvalue weighted by Crippen LogP contribution is -2.47. The molecule has 0 unspecified atom stereocenters. The monoisotopic (exact) mass is 540 g/mol. The molecule has 1 saturated heterocycles. The summed E-state index contributed by atoms with van der Waals surface area (Å²) in [6.07, 6.45) is 0.989. The summed E-state index contributed by atoms with van der Waals surface area (Å²) in [5.74, 6) is 0.461. The van der Waals surface area contributed by atoms with Gasteiger partial charge in [0.1, 0.15) is 5.75 Å². The van der Waals surface area contributed by atoms with Gasteiger partial charge in [-0.3, -0.25) is 9.69 Å². The lowest BCUT2D eigenvalue weighted by atomic mass is 9.99. The van der Waals surface area contributed by atoms with Crippen LogP contribution in [0, 0.1) is 0 Å². The number of hydrogen-bond donors (Lipinski definition) is 3. The van der Waals surface area contributed by atoms with Crippen LogP contribution in [0.15, 0.2) is 30.3 Å². The molecule has 35 heavy (non-hydrogen) atoms. The van der Waals surface area contributed by atoms with Crippen molar-refractivity contribution < 1.29 is 14.6 Å². The number of ether oxygens (including phenoxy) is 1. The molecule has 3 heterocycles. The predicted molar refractivity (Wildman–Crippen MR) is 145 cm³/mol. The zero-order chi connectivity index (χ0) is 22.9. The average molecular weight is 542 g/mol. The van der Waals surface area contributed by atoms with Gasteiger partial charge >= 0.3 is 0 Å². The van der Waals surface area contributed by atoms with Crippen molar-refractivity contribution >= 4 is 53.2 Å². The van der Waals surface area contributed by atoms with Gasteiger partial charge in [0.15, 0.2) is 0 Å². The van der Waals surface area contributed by atoms with E-state index in [1.54, 1.807) is 7.11 Å². The Balaban J connectivity index is 0.00000171. The van der Waals surface area contributed by atoms with Gasteiger partial charge in [0.2, 0.25) is 0 Å². The Hall–Kier alpha value is -2.00. The number of piperazine rings is 1. The van der Waals surface area contributed by atoms with Crippen molar-refractivity contribution in [2.45, 2.75) is 13.0 Å². The molecule has 10 heteroatoms. The molecule has 1 fully saturated rings. The molecule has 0 atom stereocenters. The SMILES string of the molecule is COc1cc(-c2cc3cc(CCN4CCN(CCO)CC4)ccc3[nH]2)c2c(c1Cl)CNC2=O.Cl.Cl. The number of H-pyrrole nitrogens is 1. The highest BCUT2D eigenvalue weighted by Gasteiger charge is 2.28. The maximum absolute atomic E-state index is 12.5. The Labute approximate surface area is 222 Å². The summed E-state index contributed by atoms with van der Waals surface area (Å²) in [6.45, 7) is 6.56. The Morgan fingerprint density at radius 2 is 1.77 bits per heavy atom. The van der Waals surface area contributed by atoms with Gasteiger partial charge < -0.3 is 25.0 Å². The van der Waals surface area contributed by atoms with E-state index in [1.807, 2.05) is 6.07 Å². The fraction of sp³-hybridized carbons (Fsp3) is 0.400. The second-order valence-corrected chi connectivity index (χ2v) is 9.12. The van der Waals surface area contributed by atoms with E-state index in [4.69, 9.17) is 21.4 Å². The minimum Gasteiger partial charge on any atom is -0.495 e. The Morgan fingerprint density at radius 1 is 1.06 bits per heavy atom. The number of fused-ring (bicyclic) bond motifs is 2. The van der Waals surface area contributed by atoms with Crippen LogP contribution in [0.1, 0.15) is 21.5 Å². The maximum atomic E-state index is 12.5. The van der Waals surface area contributed by atoms with Crippen LogP contribution in [0.5, 0.6) is 5.75 Å². The largest absolute Gasteiger partial charge is 0.495 e. The molecule has 0 aliphatic carbocycles. The van der Waals surface area contributed by atoms with Crippen LogP contribution >= 0.6 is 36.4 Å². The fourth-order valence-corrected chi connectivity index (χ4v) is 5.17. The van der Waals surface area contributed by atoms with Gasteiger partial charge in [-0.1, -0.05) is 17.7 Å². The van der Waals surface area contributed by atoms with Crippen LogP contribution in [-0.4, -0.2) is 78.8 Å². The quantitative estimate of drug-likeness (QED) is 0.425. The van der Waals surface area contributed by atoms with E-state index in [1.165, 1.54) is 5.56 Å². The number of methoxy groups -OCH3 is 1. The summed E-state index contributed by atoms with van der Waals surface area (Å²) in [7, 11) is 1.59. The standard InChI is InChI=1S/C25H29ClN4O3.2ClH/c1-33-22-14-18(23-19(24(22)26)15-27-25(23)32)21-13-17-12-16(2-3-20(17)28-21)4-5-29-6-8-30(9-7-29)10-11-31;;/h2-3,12-14,28,31H,4-11,15H2,1H3,(H,27,32);2*1H. The van der Waals surface area contributed by atoms with Crippen LogP contribution < -0.4 is 10.1 Å². The van der Waals surface area contributed by atoms with Crippen molar-refractivity contribution in [2.75, 3.05) is 53.0 Å². The van der Waals surface area contributed by atoms with Crippen molar-refractivity contribution in [1.29, 1.82) is 0 Å². The van der Waals surface area contributed by atoms with Crippen LogP contribution in [0.3, 0.4) is 0 Å². The van der Waals surface area contributed by atoms with E-state index in [2.05, 4.69) is 44.4 Å². The average Bonchev–Trinajstić information content (AvgIpc) is 3.43. The number of amides is 1. The third-order valence-corrected chi connectivity index (χ3v) is 7.19. The smallest absolute Gasteiger partial charge is 0.252 e. The van der Waals surface area contributed by atoms with Gasteiger partial charge in [-0.05, 0) is 36.2 Å². The molecule has 3 N–H and O–H groups in total. The maximum Gasteiger partial charge on any atom is 0.252 e. The van der Waals surface area contributed by atoms with Gasteiger partial charge in [-0.25, -0.2) is 0 Å². The molecule has 190 valence electrons. The summed E-state index contributed by atoms with van der Waals surface area (Å²) >= 11 is 6.46. The number of aromatic nitrogens is 1. The van der Waals surface area contributed by atoms with Crippen molar-refractivity contribution in [3.63, 3.8) is 0 Å². The number of aromatic amines is 1. The normalized spacial score (nSPS) is 15.9. The van der Waals surface area contributed by atoms with E-state index in [0.717, 1.165) is 73.4 Å². The van der Waals surface area contributed by atoms with Gasteiger partial charge in [0, 0.05) is 73.5 Å². The molecule has 0 saturated carbocycles. The number of halogens is 3. The van der Waals surface area contributed by atoms with Crippen LogP contribution in [0.2, 0.25) is 5.02 Å². The number of carbonyl (C=O) groups excluding carboxylic acids is 1. The first-order chi connectivity index (χ1) is 16.1. The molecule has 1 aromatic heterocycles. The zero-order valence-electron chi connectivity index (χ0n) is 19.6. The van der Waals surface area contributed by atoms with Gasteiger partial charge in [-0.2, -0.15) is 0 Å². The molecule has 1 amide bonds. The molecule has 3 aromatic rings. The van der Waals surface area contributed by atoms with E-state index in [0.29, 0.717) is 22.9 Å². The number of aliphatic hydroxyl groups is 1. The third kappa shape index (κ3) is 5.56. The van der Waals surface area contributed by atoms with Crippen molar-refractivity contribution in [2.24, 2.45) is 0 Å². The summed E-state index contributed by atoms with van der Waals surface area (Å²) in [4.78, 5) is 20.8. The first-order valence-corrected chi connectivity index (χ1v) is 11.8. The zero-order valence-corrected chi connectivity index (χ0v) is 22.0. The molecular weight excluding hydrogens is 511 g/mol. The number of benzene rings is 2. The minimum atomic E-state index is -0.108. The molecule has 5 rings (SSSR count). The molecule has 0 radical (unpaired) electrons. The lowest BCUT2D eigenvalue weighted by Gasteiger charge is -2.34. The number of hydrogen-bond acceptors (Lipinski definition) is 5. The number of β-amino-alcohol motifs (C(OH)–C–C–N with tert-alkyl or cyclic N) is 1. The topological polar surface area (TPSA) is 80.8 Å². The molecular formula is C25H31Cl3N4O3. The Kier molecular flexibility index (Phi) is 9.32. The molecule has 2 aromatic carbocycles. The summed E-state index contributed by atoms with van der Waals surface area (Å²) in [5, 5.41) is 13.6. The van der Waals surface area contributed by atoms with E-state index in [9.17, 15) is 4.79 Å². The molecule has 2 aliphatic rings.